The first-order valence-corrected chi connectivity index (χ1v) is 13.7. The molecule has 2 saturated carbocycles. The lowest BCUT2D eigenvalue weighted by atomic mass is 9.42. The topological polar surface area (TPSA) is 66.8 Å². The summed E-state index contributed by atoms with van der Waals surface area (Å²) >= 11 is 0. The van der Waals surface area contributed by atoms with Gasteiger partial charge in [0.2, 0.25) is 0 Å². The maximum atomic E-state index is 12.6. The number of carbonyl (C=O) groups excluding carboxylic acids is 1. The first-order chi connectivity index (χ1) is 15.4. The highest BCUT2D eigenvalue weighted by molar-refractivity contribution is 5.83. The van der Waals surface area contributed by atoms with Gasteiger partial charge in [-0.2, -0.15) is 0 Å². The minimum atomic E-state index is -0.416. The zero-order chi connectivity index (χ0) is 24.0. The molecule has 0 aromatic carbocycles. The van der Waals surface area contributed by atoms with E-state index in [1.54, 1.807) is 11.1 Å². The number of rotatable bonds is 3. The maximum Gasteiger partial charge on any atom is 0.161 e. The van der Waals surface area contributed by atoms with Crippen molar-refractivity contribution in [2.45, 2.75) is 124 Å². The zero-order valence-corrected chi connectivity index (χ0v) is 21.8. The smallest absolute Gasteiger partial charge is 0.161 e. The Kier molecular flexibility index (Phi) is 5.38. The maximum absolute atomic E-state index is 12.6. The number of aliphatic hydroxyl groups excluding tert-OH is 2. The fraction of sp³-hybridized carbons (Fsp3) is 0.897. The van der Waals surface area contributed by atoms with Gasteiger partial charge in [0.1, 0.15) is 6.10 Å². The number of hydrogen-bond acceptors (Lipinski definition) is 4. The van der Waals surface area contributed by atoms with Crippen LogP contribution in [0.3, 0.4) is 0 Å². The van der Waals surface area contributed by atoms with Crippen LogP contribution < -0.4 is 0 Å². The lowest BCUT2D eigenvalue weighted by Gasteiger charge is -2.63. The van der Waals surface area contributed by atoms with Gasteiger partial charge in [0.25, 0.3) is 0 Å². The van der Waals surface area contributed by atoms with Crippen molar-refractivity contribution in [3.63, 3.8) is 0 Å². The summed E-state index contributed by atoms with van der Waals surface area (Å²) in [7, 11) is 0. The lowest BCUT2D eigenvalue weighted by molar-refractivity contribution is -0.164. The van der Waals surface area contributed by atoms with Crippen molar-refractivity contribution in [3.05, 3.63) is 11.1 Å². The van der Waals surface area contributed by atoms with E-state index in [0.29, 0.717) is 18.3 Å². The summed E-state index contributed by atoms with van der Waals surface area (Å²) < 4.78 is 6.85. The first kappa shape index (κ1) is 24.0. The minimum absolute atomic E-state index is 0.0404. The SMILES string of the molecule is CCC(=O)C1CC(C)[C@]2(CC[C@@]3(C)C4=C(CC[C@@]32C)[C@@]2(C)CCC(O)[C@](C)(CO)[C@@H]2CC4)O1. The van der Waals surface area contributed by atoms with E-state index in [1.807, 2.05) is 6.92 Å². The van der Waals surface area contributed by atoms with Gasteiger partial charge < -0.3 is 14.9 Å². The van der Waals surface area contributed by atoms with Crippen molar-refractivity contribution >= 4 is 5.78 Å². The molecule has 1 spiro atoms. The molecule has 1 saturated heterocycles. The van der Waals surface area contributed by atoms with Gasteiger partial charge in [-0.15, -0.1) is 0 Å². The average Bonchev–Trinajstić information content (AvgIpc) is 3.26. The number of Topliss-reactive ketones (excluding diaryl/α,β-unsaturated/α-hetero) is 1. The Bertz CT molecular complexity index is 879. The van der Waals surface area contributed by atoms with Crippen molar-refractivity contribution in [2.75, 3.05) is 6.61 Å². The summed E-state index contributed by atoms with van der Waals surface area (Å²) in [5.74, 6) is 0.999. The molecule has 5 rings (SSSR count). The lowest BCUT2D eigenvalue weighted by Crippen LogP contribution is -2.59. The van der Waals surface area contributed by atoms with Crippen LogP contribution in [0.25, 0.3) is 0 Å². The predicted octanol–water partition coefficient (Wildman–Crippen LogP) is 5.60. The van der Waals surface area contributed by atoms with Crippen LogP contribution in [0.1, 0.15) is 106 Å². The van der Waals surface area contributed by atoms with E-state index < -0.39 is 11.5 Å². The number of ether oxygens (including phenoxy) is 1. The molecule has 9 atom stereocenters. The van der Waals surface area contributed by atoms with Crippen molar-refractivity contribution < 1.29 is 19.7 Å². The Labute approximate surface area is 200 Å². The molecule has 4 heteroatoms. The number of fused-ring (bicyclic) bond motifs is 5. The molecular formula is C29H46O4. The standard InChI is InChI=1S/C29H46O4/c1-7-21(31)22-16-18(2)29(33-22)15-14-27(5)20-8-9-23-25(3,19(20)10-13-28(27,29)6)12-11-24(32)26(23,4)17-30/h18,22-24,30,32H,7-17H2,1-6H3/t18?,22?,23-,24?,25-,26-,27+,28+,29+/m1/s1. The minimum Gasteiger partial charge on any atom is -0.396 e. The molecule has 3 unspecified atom stereocenters. The van der Waals surface area contributed by atoms with E-state index in [2.05, 4.69) is 34.6 Å². The van der Waals surface area contributed by atoms with Crippen molar-refractivity contribution in [1.82, 2.24) is 0 Å². The second kappa shape index (κ2) is 7.40. The Morgan fingerprint density at radius 1 is 1.03 bits per heavy atom. The van der Waals surface area contributed by atoms with Gasteiger partial charge in [-0.25, -0.2) is 0 Å². The Balaban J connectivity index is 1.56. The van der Waals surface area contributed by atoms with Gasteiger partial charge in [0.15, 0.2) is 5.78 Å². The largest absolute Gasteiger partial charge is 0.396 e. The highest BCUT2D eigenvalue weighted by Crippen LogP contribution is 2.75. The van der Waals surface area contributed by atoms with E-state index in [0.717, 1.165) is 57.8 Å². The molecule has 0 bridgehead atoms. The molecule has 4 aliphatic carbocycles. The quantitative estimate of drug-likeness (QED) is 0.541. The van der Waals surface area contributed by atoms with Gasteiger partial charge in [-0.3, -0.25) is 4.79 Å². The second-order valence-corrected chi connectivity index (χ2v) is 13.3. The molecule has 1 aliphatic heterocycles. The molecule has 0 radical (unpaired) electrons. The number of allylic oxidation sites excluding steroid dienone is 2. The summed E-state index contributed by atoms with van der Waals surface area (Å²) in [5, 5.41) is 21.2. The molecule has 186 valence electrons. The molecule has 5 aliphatic rings. The molecule has 2 N–H and O–H groups in total. The van der Waals surface area contributed by atoms with Gasteiger partial charge in [0, 0.05) is 17.3 Å². The number of carbonyl (C=O) groups is 1. The van der Waals surface area contributed by atoms with Crippen LogP contribution in [0.5, 0.6) is 0 Å². The molecular weight excluding hydrogens is 412 g/mol. The summed E-state index contributed by atoms with van der Waals surface area (Å²) in [6.07, 6.45) is 9.12. The van der Waals surface area contributed by atoms with E-state index >= 15 is 0 Å². The van der Waals surface area contributed by atoms with Gasteiger partial charge >= 0.3 is 0 Å². The van der Waals surface area contributed by atoms with Crippen LogP contribution in [-0.2, 0) is 9.53 Å². The summed E-state index contributed by atoms with van der Waals surface area (Å²) in [6, 6.07) is 0. The molecule has 33 heavy (non-hydrogen) atoms. The van der Waals surface area contributed by atoms with Gasteiger partial charge in [-0.05, 0) is 80.5 Å². The van der Waals surface area contributed by atoms with Gasteiger partial charge in [-0.1, -0.05) is 52.7 Å². The third-order valence-corrected chi connectivity index (χ3v) is 12.5. The third kappa shape index (κ3) is 2.72. The average molecular weight is 459 g/mol. The fourth-order valence-electron chi connectivity index (χ4n) is 10.1. The molecule has 0 aromatic rings. The first-order valence-electron chi connectivity index (χ1n) is 13.7. The van der Waals surface area contributed by atoms with E-state index in [4.69, 9.17) is 4.74 Å². The van der Waals surface area contributed by atoms with Crippen LogP contribution >= 0.6 is 0 Å². The van der Waals surface area contributed by atoms with Crippen molar-refractivity contribution in [3.8, 4) is 0 Å². The summed E-state index contributed by atoms with van der Waals surface area (Å²) in [4.78, 5) is 12.6. The molecule has 4 nitrogen and oxygen atoms in total. The molecule has 0 amide bonds. The Morgan fingerprint density at radius 3 is 2.42 bits per heavy atom. The van der Waals surface area contributed by atoms with Crippen LogP contribution in [-0.4, -0.2) is 40.4 Å². The summed E-state index contributed by atoms with van der Waals surface area (Å²) in [5.41, 5.74) is 2.90. The highest BCUT2D eigenvalue weighted by atomic mass is 16.5. The van der Waals surface area contributed by atoms with E-state index in [1.165, 1.54) is 0 Å². The van der Waals surface area contributed by atoms with Crippen LogP contribution in [0.2, 0.25) is 0 Å². The third-order valence-electron chi connectivity index (χ3n) is 12.5. The monoisotopic (exact) mass is 458 g/mol. The number of ketones is 1. The zero-order valence-electron chi connectivity index (χ0n) is 21.8. The van der Waals surface area contributed by atoms with E-state index in [9.17, 15) is 15.0 Å². The van der Waals surface area contributed by atoms with E-state index in [-0.39, 0.29) is 40.3 Å². The fourth-order valence-corrected chi connectivity index (χ4v) is 10.1. The van der Waals surface area contributed by atoms with Gasteiger partial charge in [0.05, 0.1) is 18.3 Å². The summed E-state index contributed by atoms with van der Waals surface area (Å²) in [6.45, 7) is 13.9. The van der Waals surface area contributed by atoms with Crippen LogP contribution in [0.4, 0.5) is 0 Å². The molecule has 1 heterocycles. The predicted molar refractivity (Wildman–Crippen MR) is 130 cm³/mol. The second-order valence-electron chi connectivity index (χ2n) is 13.3. The normalized spacial score (nSPS) is 53.7. The molecule has 0 aromatic heterocycles. The number of aliphatic hydroxyl groups is 2. The van der Waals surface area contributed by atoms with Crippen molar-refractivity contribution in [1.29, 1.82) is 0 Å². The Hall–Kier alpha value is -0.710. The number of hydrogen-bond donors (Lipinski definition) is 2. The molecule has 3 fully saturated rings. The van der Waals surface area contributed by atoms with Crippen molar-refractivity contribution in [2.24, 2.45) is 33.5 Å². The highest BCUT2D eigenvalue weighted by Gasteiger charge is 2.71. The Morgan fingerprint density at radius 2 is 1.76 bits per heavy atom. The van der Waals surface area contributed by atoms with Crippen LogP contribution in [0.15, 0.2) is 11.1 Å². The van der Waals surface area contributed by atoms with Crippen LogP contribution in [0, 0.1) is 33.5 Å².